The van der Waals surface area contributed by atoms with Gasteiger partial charge in [0.1, 0.15) is 5.52 Å². The Hall–Kier alpha value is -7.69. The second-order valence-corrected chi connectivity index (χ2v) is 14.4. The maximum Gasteiger partial charge on any atom is 0.227 e. The molecule has 0 saturated heterocycles. The van der Waals surface area contributed by atoms with E-state index >= 15 is 0 Å². The molecule has 0 aliphatic rings. The van der Waals surface area contributed by atoms with Crippen molar-refractivity contribution < 1.29 is 4.42 Å². The lowest BCUT2D eigenvalue weighted by Gasteiger charge is -2.26. The van der Waals surface area contributed by atoms with Crippen molar-refractivity contribution in [2.75, 3.05) is 4.90 Å². The predicted molar refractivity (Wildman–Crippen MR) is 237 cm³/mol. The number of aromatic nitrogens is 2. The first-order valence-corrected chi connectivity index (χ1v) is 19.3. The van der Waals surface area contributed by atoms with Crippen LogP contribution >= 0.6 is 0 Å². The van der Waals surface area contributed by atoms with Gasteiger partial charge in [-0.2, -0.15) is 0 Å². The normalized spacial score (nSPS) is 11.5. The molecule has 4 heteroatoms. The van der Waals surface area contributed by atoms with E-state index in [9.17, 15) is 0 Å². The van der Waals surface area contributed by atoms with Gasteiger partial charge in [0.05, 0.1) is 11.0 Å². The number of hydrogen-bond donors (Lipinski definition) is 0. The molecule has 11 aromatic rings. The molecule has 0 atom stereocenters. The Morgan fingerprint density at radius 2 is 0.947 bits per heavy atom. The van der Waals surface area contributed by atoms with Crippen molar-refractivity contribution in [2.24, 2.45) is 0 Å². The van der Waals surface area contributed by atoms with Crippen molar-refractivity contribution in [3.05, 3.63) is 212 Å². The lowest BCUT2D eigenvalue weighted by atomic mass is 10.00. The van der Waals surface area contributed by atoms with Gasteiger partial charge in [0, 0.05) is 44.5 Å². The first-order valence-electron chi connectivity index (χ1n) is 19.3. The molecule has 57 heavy (non-hydrogen) atoms. The minimum Gasteiger partial charge on any atom is -0.436 e. The van der Waals surface area contributed by atoms with Crippen LogP contribution in [0.25, 0.3) is 83.1 Å². The Morgan fingerprint density at radius 1 is 0.386 bits per heavy atom. The van der Waals surface area contributed by atoms with E-state index in [4.69, 9.17) is 9.40 Å². The number of fused-ring (bicyclic) bond motifs is 6. The van der Waals surface area contributed by atoms with Crippen molar-refractivity contribution in [3.8, 4) is 39.4 Å². The van der Waals surface area contributed by atoms with Crippen LogP contribution in [0.2, 0.25) is 0 Å². The van der Waals surface area contributed by atoms with Gasteiger partial charge < -0.3 is 13.9 Å². The van der Waals surface area contributed by atoms with Gasteiger partial charge in [-0.1, -0.05) is 127 Å². The molecule has 0 spiro atoms. The standard InChI is InChI=1S/C53H35N3O/c1-4-12-36(13-5-1)37-20-26-43(27-21-37)55(45-30-32-50-48(35-45)47-18-10-11-19-49(47)56(50)42-16-8-3-9-17-42)44-28-22-38(23-29-44)40-24-31-46-41(34-40)25-33-51-52(46)54-53(57-51)39-14-6-2-7-15-39/h1-35H. The summed E-state index contributed by atoms with van der Waals surface area (Å²) in [6, 6.07) is 75.3. The number of anilines is 3. The van der Waals surface area contributed by atoms with Gasteiger partial charge in [-0.15, -0.1) is 0 Å². The Balaban J connectivity index is 1.00. The summed E-state index contributed by atoms with van der Waals surface area (Å²) in [4.78, 5) is 7.26. The van der Waals surface area contributed by atoms with E-state index in [2.05, 4.69) is 185 Å². The van der Waals surface area contributed by atoms with E-state index in [-0.39, 0.29) is 0 Å². The Bertz CT molecular complexity index is 3200. The molecule has 0 aliphatic carbocycles. The number of oxazole rings is 1. The van der Waals surface area contributed by atoms with Gasteiger partial charge in [0.15, 0.2) is 5.58 Å². The van der Waals surface area contributed by atoms with Crippen molar-refractivity contribution in [1.82, 2.24) is 9.55 Å². The van der Waals surface area contributed by atoms with Crippen molar-refractivity contribution in [3.63, 3.8) is 0 Å². The second kappa shape index (κ2) is 13.6. The molecule has 0 bridgehead atoms. The molecule has 0 unspecified atom stereocenters. The highest BCUT2D eigenvalue weighted by atomic mass is 16.3. The molecule has 0 aliphatic heterocycles. The average Bonchev–Trinajstić information content (AvgIpc) is 3.88. The fourth-order valence-electron chi connectivity index (χ4n) is 8.24. The smallest absolute Gasteiger partial charge is 0.227 e. The van der Waals surface area contributed by atoms with E-state index < -0.39 is 0 Å². The molecule has 268 valence electrons. The molecule has 4 nitrogen and oxygen atoms in total. The fraction of sp³-hybridized carbons (Fsp3) is 0. The molecular formula is C53H35N3O. The van der Waals surface area contributed by atoms with Crippen LogP contribution in [-0.2, 0) is 0 Å². The van der Waals surface area contributed by atoms with E-state index in [0.29, 0.717) is 5.89 Å². The van der Waals surface area contributed by atoms with E-state index in [1.807, 2.05) is 36.4 Å². The highest BCUT2D eigenvalue weighted by Crippen LogP contribution is 2.41. The second-order valence-electron chi connectivity index (χ2n) is 14.4. The minimum atomic E-state index is 0.637. The fourth-order valence-corrected chi connectivity index (χ4v) is 8.24. The molecule has 0 fully saturated rings. The summed E-state index contributed by atoms with van der Waals surface area (Å²) in [5.74, 6) is 0.637. The van der Waals surface area contributed by atoms with Crippen LogP contribution in [0.3, 0.4) is 0 Å². The number of hydrogen-bond acceptors (Lipinski definition) is 3. The van der Waals surface area contributed by atoms with Crippen LogP contribution < -0.4 is 4.90 Å². The first kappa shape index (κ1) is 32.7. The summed E-state index contributed by atoms with van der Waals surface area (Å²) < 4.78 is 8.53. The molecule has 0 amide bonds. The summed E-state index contributed by atoms with van der Waals surface area (Å²) in [5, 5.41) is 4.64. The SMILES string of the molecule is c1ccc(-c2ccc(N(c3ccc(-c4ccc5c(ccc6oc(-c7ccccc7)nc65)c4)cc3)c3ccc4c(c3)c3ccccc3n4-c3ccccc3)cc2)cc1. The summed E-state index contributed by atoms with van der Waals surface area (Å²) in [5.41, 5.74) is 14.1. The topological polar surface area (TPSA) is 34.2 Å². The average molecular weight is 730 g/mol. The van der Waals surface area contributed by atoms with Gasteiger partial charge in [0.25, 0.3) is 0 Å². The third-order valence-corrected chi connectivity index (χ3v) is 11.0. The number of nitrogens with zero attached hydrogens (tertiary/aromatic N) is 3. The molecule has 0 saturated carbocycles. The maximum absolute atomic E-state index is 6.16. The Labute approximate surface area is 330 Å². The largest absolute Gasteiger partial charge is 0.436 e. The van der Waals surface area contributed by atoms with Crippen LogP contribution in [0.5, 0.6) is 0 Å². The monoisotopic (exact) mass is 729 g/mol. The summed E-state index contributed by atoms with van der Waals surface area (Å²) in [7, 11) is 0. The van der Waals surface area contributed by atoms with Gasteiger partial charge in [-0.25, -0.2) is 4.98 Å². The van der Waals surface area contributed by atoms with Crippen molar-refractivity contribution >= 4 is 60.7 Å². The Kier molecular flexibility index (Phi) is 7.78. The number of rotatable bonds is 7. The zero-order chi connectivity index (χ0) is 37.7. The maximum atomic E-state index is 6.16. The van der Waals surface area contributed by atoms with E-state index in [1.54, 1.807) is 0 Å². The summed E-state index contributed by atoms with van der Waals surface area (Å²) in [6.45, 7) is 0. The van der Waals surface area contributed by atoms with Crippen LogP contribution in [0.4, 0.5) is 17.1 Å². The van der Waals surface area contributed by atoms with Crippen LogP contribution in [-0.4, -0.2) is 9.55 Å². The highest BCUT2D eigenvalue weighted by molar-refractivity contribution is 6.11. The van der Waals surface area contributed by atoms with Crippen LogP contribution in [0, 0.1) is 0 Å². The third kappa shape index (κ3) is 5.74. The quantitative estimate of drug-likeness (QED) is 0.164. The summed E-state index contributed by atoms with van der Waals surface area (Å²) >= 11 is 0. The zero-order valence-electron chi connectivity index (χ0n) is 31.0. The van der Waals surface area contributed by atoms with Gasteiger partial charge in [-0.05, 0) is 113 Å². The van der Waals surface area contributed by atoms with Crippen molar-refractivity contribution in [1.29, 1.82) is 0 Å². The molecule has 11 rings (SSSR count). The van der Waals surface area contributed by atoms with Gasteiger partial charge >= 0.3 is 0 Å². The highest BCUT2D eigenvalue weighted by Gasteiger charge is 2.18. The molecule has 9 aromatic carbocycles. The van der Waals surface area contributed by atoms with Gasteiger partial charge in [0.2, 0.25) is 5.89 Å². The van der Waals surface area contributed by atoms with E-state index in [1.165, 1.54) is 32.9 Å². The molecule has 2 aromatic heterocycles. The predicted octanol–water partition coefficient (Wildman–Crippen LogP) is 14.5. The lowest BCUT2D eigenvalue weighted by Crippen LogP contribution is -2.10. The van der Waals surface area contributed by atoms with Crippen LogP contribution in [0.15, 0.2) is 217 Å². The molecular weight excluding hydrogens is 695 g/mol. The first-order chi connectivity index (χ1) is 28.2. The molecule has 0 N–H and O–H groups in total. The lowest BCUT2D eigenvalue weighted by molar-refractivity contribution is 0.620. The third-order valence-electron chi connectivity index (χ3n) is 11.0. The molecule has 2 heterocycles. The van der Waals surface area contributed by atoms with Crippen LogP contribution in [0.1, 0.15) is 0 Å². The zero-order valence-corrected chi connectivity index (χ0v) is 31.0. The van der Waals surface area contributed by atoms with Gasteiger partial charge in [-0.3, -0.25) is 0 Å². The summed E-state index contributed by atoms with van der Waals surface area (Å²) in [6.07, 6.45) is 0. The number of para-hydroxylation sites is 2. The molecule has 0 radical (unpaired) electrons. The minimum absolute atomic E-state index is 0.637. The van der Waals surface area contributed by atoms with E-state index in [0.717, 1.165) is 61.3 Å². The number of benzene rings is 9. The van der Waals surface area contributed by atoms with Crippen molar-refractivity contribution in [2.45, 2.75) is 0 Å². The Morgan fingerprint density at radius 3 is 1.67 bits per heavy atom.